The lowest BCUT2D eigenvalue weighted by atomic mass is 10.1. The summed E-state index contributed by atoms with van der Waals surface area (Å²) in [5, 5.41) is 6.79. The summed E-state index contributed by atoms with van der Waals surface area (Å²) in [4.78, 5) is 20.5. The number of benzene rings is 1. The summed E-state index contributed by atoms with van der Waals surface area (Å²) in [6.07, 6.45) is 2.33. The molecule has 7 heteroatoms. The number of rotatable bonds is 8. The monoisotopic (exact) mass is 352 g/mol. The molecule has 0 saturated heterocycles. The Morgan fingerprint density at radius 1 is 1.19 bits per heavy atom. The number of aromatic nitrogens is 3. The van der Waals surface area contributed by atoms with Gasteiger partial charge >= 0.3 is 0 Å². The van der Waals surface area contributed by atoms with Crippen LogP contribution < -0.4 is 5.32 Å². The third-order valence-corrected chi connectivity index (χ3v) is 3.72. The minimum Gasteiger partial charge on any atom is -0.380 e. The van der Waals surface area contributed by atoms with E-state index < -0.39 is 0 Å². The van der Waals surface area contributed by atoms with Crippen molar-refractivity contribution >= 4 is 5.91 Å². The minimum atomic E-state index is -0.0697. The quantitative estimate of drug-likeness (QED) is 0.670. The molecule has 0 atom stereocenters. The summed E-state index contributed by atoms with van der Waals surface area (Å²) in [6, 6.07) is 13.4. The van der Waals surface area contributed by atoms with E-state index in [1.165, 1.54) is 0 Å². The number of hydrogen-bond acceptors (Lipinski definition) is 6. The highest BCUT2D eigenvalue weighted by atomic mass is 16.5. The van der Waals surface area contributed by atoms with E-state index in [0.29, 0.717) is 37.0 Å². The third kappa shape index (κ3) is 4.97. The molecule has 1 amide bonds. The molecule has 0 aliphatic rings. The highest BCUT2D eigenvalue weighted by molar-refractivity contribution is 5.76. The van der Waals surface area contributed by atoms with E-state index in [1.54, 1.807) is 19.4 Å². The predicted octanol–water partition coefficient (Wildman–Crippen LogP) is 2.53. The molecule has 1 N–H and O–H groups in total. The molecular formula is C19H20N4O3. The van der Waals surface area contributed by atoms with Crippen molar-refractivity contribution < 1.29 is 14.1 Å². The molecule has 0 unspecified atom stereocenters. The first-order valence-corrected chi connectivity index (χ1v) is 8.32. The second kappa shape index (κ2) is 8.87. The Labute approximate surface area is 151 Å². The minimum absolute atomic E-state index is 0.0697. The van der Waals surface area contributed by atoms with Crippen molar-refractivity contribution in [1.29, 1.82) is 0 Å². The summed E-state index contributed by atoms with van der Waals surface area (Å²) in [5.74, 6) is 0.776. The SMILES string of the molecule is COCc1cccc(CNC(=O)CCc2nc(-c3ccccn3)no2)c1. The first-order valence-electron chi connectivity index (χ1n) is 8.32. The molecule has 0 aliphatic heterocycles. The van der Waals surface area contributed by atoms with Crippen molar-refractivity contribution in [3.05, 3.63) is 65.7 Å². The number of amides is 1. The zero-order chi connectivity index (χ0) is 18.2. The molecule has 134 valence electrons. The van der Waals surface area contributed by atoms with Crippen LogP contribution in [0.1, 0.15) is 23.4 Å². The summed E-state index contributed by atoms with van der Waals surface area (Å²) in [5.41, 5.74) is 2.75. The van der Waals surface area contributed by atoms with Gasteiger partial charge in [0.05, 0.1) is 6.61 Å². The molecular weight excluding hydrogens is 332 g/mol. The molecule has 26 heavy (non-hydrogen) atoms. The van der Waals surface area contributed by atoms with Gasteiger partial charge in [0.1, 0.15) is 5.69 Å². The van der Waals surface area contributed by atoms with Crippen molar-refractivity contribution in [2.75, 3.05) is 7.11 Å². The maximum atomic E-state index is 12.0. The largest absolute Gasteiger partial charge is 0.380 e. The predicted molar refractivity (Wildman–Crippen MR) is 94.9 cm³/mol. The van der Waals surface area contributed by atoms with Crippen LogP contribution >= 0.6 is 0 Å². The Balaban J connectivity index is 1.47. The second-order valence-electron chi connectivity index (χ2n) is 5.76. The zero-order valence-corrected chi connectivity index (χ0v) is 14.5. The number of aryl methyl sites for hydroxylation is 1. The summed E-state index contributed by atoms with van der Waals surface area (Å²) in [6.45, 7) is 1.02. The molecule has 2 heterocycles. The van der Waals surface area contributed by atoms with E-state index in [1.807, 2.05) is 36.4 Å². The van der Waals surface area contributed by atoms with Crippen LogP contribution in [-0.2, 0) is 29.1 Å². The molecule has 0 spiro atoms. The fraction of sp³-hybridized carbons (Fsp3) is 0.263. The number of carbonyl (C=O) groups excluding carboxylic acids is 1. The maximum Gasteiger partial charge on any atom is 0.227 e. The molecule has 2 aromatic heterocycles. The van der Waals surface area contributed by atoms with Crippen molar-refractivity contribution in [3.63, 3.8) is 0 Å². The van der Waals surface area contributed by atoms with E-state index in [4.69, 9.17) is 9.26 Å². The van der Waals surface area contributed by atoms with Crippen LogP contribution in [0.2, 0.25) is 0 Å². The van der Waals surface area contributed by atoms with Crippen LogP contribution in [-0.4, -0.2) is 28.1 Å². The molecule has 3 aromatic rings. The Morgan fingerprint density at radius 3 is 2.88 bits per heavy atom. The Bertz CT molecular complexity index is 849. The number of nitrogens with one attached hydrogen (secondary N) is 1. The van der Waals surface area contributed by atoms with Gasteiger partial charge in [0, 0.05) is 32.7 Å². The molecule has 0 saturated carbocycles. The Morgan fingerprint density at radius 2 is 2.08 bits per heavy atom. The molecule has 0 aliphatic carbocycles. The summed E-state index contributed by atoms with van der Waals surface area (Å²) in [7, 11) is 1.66. The van der Waals surface area contributed by atoms with Crippen LogP contribution in [0.25, 0.3) is 11.5 Å². The van der Waals surface area contributed by atoms with Crippen LogP contribution in [0.3, 0.4) is 0 Å². The number of hydrogen-bond donors (Lipinski definition) is 1. The van der Waals surface area contributed by atoms with E-state index in [2.05, 4.69) is 20.4 Å². The average molecular weight is 352 g/mol. The number of carbonyl (C=O) groups is 1. The van der Waals surface area contributed by atoms with Gasteiger partial charge in [-0.1, -0.05) is 35.5 Å². The van der Waals surface area contributed by atoms with Crippen molar-refractivity contribution in [3.8, 4) is 11.5 Å². The van der Waals surface area contributed by atoms with Gasteiger partial charge in [-0.3, -0.25) is 9.78 Å². The van der Waals surface area contributed by atoms with Crippen LogP contribution in [0, 0.1) is 0 Å². The first kappa shape index (κ1) is 17.8. The van der Waals surface area contributed by atoms with Gasteiger partial charge in [0.15, 0.2) is 0 Å². The number of nitrogens with zero attached hydrogens (tertiary/aromatic N) is 3. The topological polar surface area (TPSA) is 90.1 Å². The number of ether oxygens (including phenoxy) is 1. The average Bonchev–Trinajstić information content (AvgIpc) is 3.15. The highest BCUT2D eigenvalue weighted by Crippen LogP contribution is 2.12. The molecule has 0 radical (unpaired) electrons. The summed E-state index contributed by atoms with van der Waals surface area (Å²) < 4.78 is 10.3. The fourth-order valence-corrected chi connectivity index (χ4v) is 2.46. The molecule has 0 bridgehead atoms. The van der Waals surface area contributed by atoms with Crippen LogP contribution in [0.5, 0.6) is 0 Å². The lowest BCUT2D eigenvalue weighted by Gasteiger charge is -2.06. The van der Waals surface area contributed by atoms with Crippen LogP contribution in [0.4, 0.5) is 0 Å². The third-order valence-electron chi connectivity index (χ3n) is 3.72. The highest BCUT2D eigenvalue weighted by Gasteiger charge is 2.11. The maximum absolute atomic E-state index is 12.0. The van der Waals surface area contributed by atoms with Gasteiger partial charge in [0.25, 0.3) is 0 Å². The lowest BCUT2D eigenvalue weighted by molar-refractivity contribution is -0.121. The summed E-state index contributed by atoms with van der Waals surface area (Å²) >= 11 is 0. The normalized spacial score (nSPS) is 10.7. The van der Waals surface area contributed by atoms with Gasteiger partial charge in [-0.15, -0.1) is 0 Å². The van der Waals surface area contributed by atoms with E-state index in [0.717, 1.165) is 11.1 Å². The first-order chi connectivity index (χ1) is 12.7. The van der Waals surface area contributed by atoms with Gasteiger partial charge < -0.3 is 14.6 Å². The van der Waals surface area contributed by atoms with E-state index >= 15 is 0 Å². The second-order valence-corrected chi connectivity index (χ2v) is 5.76. The Hall–Kier alpha value is -3.06. The molecule has 0 fully saturated rings. The zero-order valence-electron chi connectivity index (χ0n) is 14.5. The molecule has 1 aromatic carbocycles. The fourth-order valence-electron chi connectivity index (χ4n) is 2.46. The van der Waals surface area contributed by atoms with Crippen molar-refractivity contribution in [2.24, 2.45) is 0 Å². The Kier molecular flexibility index (Phi) is 6.05. The number of methoxy groups -OCH3 is 1. The van der Waals surface area contributed by atoms with Crippen molar-refractivity contribution in [2.45, 2.75) is 26.0 Å². The van der Waals surface area contributed by atoms with Gasteiger partial charge in [0.2, 0.25) is 17.6 Å². The van der Waals surface area contributed by atoms with Gasteiger partial charge in [-0.2, -0.15) is 4.98 Å². The standard InChI is InChI=1S/C19H20N4O3/c1-25-13-15-6-4-5-14(11-15)12-21-17(24)8-9-18-22-19(23-26-18)16-7-2-3-10-20-16/h2-7,10-11H,8-9,12-13H2,1H3,(H,21,24). The number of pyridine rings is 1. The molecule has 3 rings (SSSR count). The smallest absolute Gasteiger partial charge is 0.227 e. The lowest BCUT2D eigenvalue weighted by Crippen LogP contribution is -2.23. The van der Waals surface area contributed by atoms with Crippen molar-refractivity contribution in [1.82, 2.24) is 20.4 Å². The molecule has 7 nitrogen and oxygen atoms in total. The van der Waals surface area contributed by atoms with E-state index in [-0.39, 0.29) is 12.3 Å². The van der Waals surface area contributed by atoms with E-state index in [9.17, 15) is 4.79 Å². The van der Waals surface area contributed by atoms with Gasteiger partial charge in [-0.25, -0.2) is 0 Å². The van der Waals surface area contributed by atoms with Crippen LogP contribution in [0.15, 0.2) is 53.2 Å². The van der Waals surface area contributed by atoms with Gasteiger partial charge in [-0.05, 0) is 23.3 Å².